The third kappa shape index (κ3) is 3.11. The highest BCUT2D eigenvalue weighted by molar-refractivity contribution is 4.80. The van der Waals surface area contributed by atoms with Gasteiger partial charge in [0.15, 0.2) is 0 Å². The topological polar surface area (TPSA) is 32.3 Å². The summed E-state index contributed by atoms with van der Waals surface area (Å²) in [6, 6.07) is 0.362. The predicted molar refractivity (Wildman–Crippen MR) is 51.1 cm³/mol. The third-order valence-electron chi connectivity index (χ3n) is 2.52. The standard InChI is InChI=1S/C10H21NO/c1-8(2)7-11-9-5-3-4-6-10(9)12/h8-12H,3-7H2,1-2H3/t9-,10-/m0/s1. The van der Waals surface area contributed by atoms with Crippen molar-refractivity contribution in [2.45, 2.75) is 51.7 Å². The molecule has 72 valence electrons. The number of aliphatic hydroxyl groups is 1. The van der Waals surface area contributed by atoms with Gasteiger partial charge in [0.25, 0.3) is 0 Å². The summed E-state index contributed by atoms with van der Waals surface area (Å²) in [4.78, 5) is 0. The summed E-state index contributed by atoms with van der Waals surface area (Å²) < 4.78 is 0. The maximum absolute atomic E-state index is 9.62. The number of hydrogen-bond acceptors (Lipinski definition) is 2. The Hall–Kier alpha value is -0.0800. The van der Waals surface area contributed by atoms with Gasteiger partial charge in [-0.1, -0.05) is 26.7 Å². The minimum absolute atomic E-state index is 0.0995. The van der Waals surface area contributed by atoms with Crippen molar-refractivity contribution >= 4 is 0 Å². The molecule has 0 aromatic heterocycles. The van der Waals surface area contributed by atoms with E-state index in [1.165, 1.54) is 12.8 Å². The van der Waals surface area contributed by atoms with Crippen LogP contribution in [0.3, 0.4) is 0 Å². The molecule has 2 heteroatoms. The van der Waals surface area contributed by atoms with Crippen LogP contribution in [0.1, 0.15) is 39.5 Å². The van der Waals surface area contributed by atoms with Gasteiger partial charge in [-0.25, -0.2) is 0 Å². The maximum Gasteiger partial charge on any atom is 0.0693 e. The monoisotopic (exact) mass is 171 g/mol. The van der Waals surface area contributed by atoms with Crippen molar-refractivity contribution < 1.29 is 5.11 Å². The first-order valence-corrected chi connectivity index (χ1v) is 5.11. The molecule has 1 saturated carbocycles. The smallest absolute Gasteiger partial charge is 0.0693 e. The largest absolute Gasteiger partial charge is 0.392 e. The number of aliphatic hydroxyl groups excluding tert-OH is 1. The predicted octanol–water partition coefficient (Wildman–Crippen LogP) is 1.54. The van der Waals surface area contributed by atoms with Gasteiger partial charge < -0.3 is 10.4 Å². The van der Waals surface area contributed by atoms with Crippen molar-refractivity contribution in [3.8, 4) is 0 Å². The molecule has 2 atom stereocenters. The molecule has 1 aliphatic rings. The van der Waals surface area contributed by atoms with Crippen LogP contribution >= 0.6 is 0 Å². The molecule has 0 heterocycles. The Labute approximate surface area is 75.4 Å². The zero-order valence-electron chi connectivity index (χ0n) is 8.21. The van der Waals surface area contributed by atoms with Crippen LogP contribution in [-0.4, -0.2) is 23.8 Å². The summed E-state index contributed by atoms with van der Waals surface area (Å²) >= 11 is 0. The second kappa shape index (κ2) is 4.83. The fourth-order valence-corrected chi connectivity index (χ4v) is 1.74. The van der Waals surface area contributed by atoms with Gasteiger partial charge in [-0.3, -0.25) is 0 Å². The van der Waals surface area contributed by atoms with E-state index in [4.69, 9.17) is 0 Å². The first-order chi connectivity index (χ1) is 5.70. The van der Waals surface area contributed by atoms with Crippen LogP contribution in [0.25, 0.3) is 0 Å². The van der Waals surface area contributed by atoms with Crippen LogP contribution in [0.5, 0.6) is 0 Å². The molecule has 2 nitrogen and oxygen atoms in total. The molecule has 2 N–H and O–H groups in total. The van der Waals surface area contributed by atoms with Gasteiger partial charge in [-0.2, -0.15) is 0 Å². The minimum Gasteiger partial charge on any atom is -0.392 e. The van der Waals surface area contributed by atoms with E-state index in [1.807, 2.05) is 0 Å². The molecule has 0 bridgehead atoms. The van der Waals surface area contributed by atoms with E-state index in [0.717, 1.165) is 19.4 Å². The maximum atomic E-state index is 9.62. The van der Waals surface area contributed by atoms with E-state index < -0.39 is 0 Å². The van der Waals surface area contributed by atoms with Crippen LogP contribution in [0.15, 0.2) is 0 Å². The van der Waals surface area contributed by atoms with E-state index in [1.54, 1.807) is 0 Å². The molecule has 1 rings (SSSR count). The SMILES string of the molecule is CC(C)CN[C@H]1CCCC[C@@H]1O. The quantitative estimate of drug-likeness (QED) is 0.675. The molecule has 12 heavy (non-hydrogen) atoms. The highest BCUT2D eigenvalue weighted by Gasteiger charge is 2.21. The summed E-state index contributed by atoms with van der Waals surface area (Å²) in [6.45, 7) is 5.42. The molecule has 0 aromatic rings. The zero-order chi connectivity index (χ0) is 8.97. The van der Waals surface area contributed by atoms with E-state index in [-0.39, 0.29) is 6.10 Å². The highest BCUT2D eigenvalue weighted by Crippen LogP contribution is 2.18. The second-order valence-electron chi connectivity index (χ2n) is 4.26. The lowest BCUT2D eigenvalue weighted by atomic mass is 9.92. The van der Waals surface area contributed by atoms with Gasteiger partial charge in [-0.05, 0) is 25.3 Å². The Morgan fingerprint density at radius 2 is 2.00 bits per heavy atom. The molecular formula is C10H21NO. The number of hydrogen-bond donors (Lipinski definition) is 2. The lowest BCUT2D eigenvalue weighted by molar-refractivity contribution is 0.0896. The average Bonchev–Trinajstić information content (AvgIpc) is 2.03. The summed E-state index contributed by atoms with van der Waals surface area (Å²) in [6.07, 6.45) is 4.50. The molecule has 0 amide bonds. The third-order valence-corrected chi connectivity index (χ3v) is 2.52. The number of rotatable bonds is 3. The molecule has 0 radical (unpaired) electrons. The van der Waals surface area contributed by atoms with Crippen molar-refractivity contribution in [1.82, 2.24) is 5.32 Å². The van der Waals surface area contributed by atoms with Gasteiger partial charge in [0.1, 0.15) is 0 Å². The van der Waals surface area contributed by atoms with Crippen LogP contribution in [0.2, 0.25) is 0 Å². The van der Waals surface area contributed by atoms with Crippen LogP contribution in [0.4, 0.5) is 0 Å². The van der Waals surface area contributed by atoms with Gasteiger partial charge >= 0.3 is 0 Å². The summed E-state index contributed by atoms with van der Waals surface area (Å²) in [5.41, 5.74) is 0. The Morgan fingerprint density at radius 1 is 1.33 bits per heavy atom. The van der Waals surface area contributed by atoms with Gasteiger partial charge in [-0.15, -0.1) is 0 Å². The van der Waals surface area contributed by atoms with Crippen molar-refractivity contribution in [3.05, 3.63) is 0 Å². The molecule has 1 aliphatic carbocycles. The van der Waals surface area contributed by atoms with Crippen molar-refractivity contribution in [3.63, 3.8) is 0 Å². The number of nitrogens with one attached hydrogen (secondary N) is 1. The molecule has 0 spiro atoms. The van der Waals surface area contributed by atoms with Crippen LogP contribution < -0.4 is 5.32 Å². The first-order valence-electron chi connectivity index (χ1n) is 5.11. The van der Waals surface area contributed by atoms with E-state index in [9.17, 15) is 5.11 Å². The average molecular weight is 171 g/mol. The Morgan fingerprint density at radius 3 is 2.58 bits per heavy atom. The first kappa shape index (κ1) is 10.0. The summed E-state index contributed by atoms with van der Waals surface area (Å²) in [5, 5.41) is 13.0. The van der Waals surface area contributed by atoms with Crippen molar-refractivity contribution in [2.24, 2.45) is 5.92 Å². The molecule has 0 unspecified atom stereocenters. The normalized spacial score (nSPS) is 31.0. The Balaban J connectivity index is 2.20. The summed E-state index contributed by atoms with van der Waals surface area (Å²) in [7, 11) is 0. The molecule has 0 aliphatic heterocycles. The lowest BCUT2D eigenvalue weighted by Gasteiger charge is -2.29. The van der Waals surface area contributed by atoms with Crippen LogP contribution in [0, 0.1) is 5.92 Å². The second-order valence-corrected chi connectivity index (χ2v) is 4.26. The lowest BCUT2D eigenvalue weighted by Crippen LogP contribution is -2.43. The molecule has 0 aromatic carbocycles. The Kier molecular flexibility index (Phi) is 4.02. The molecule has 1 fully saturated rings. The fraction of sp³-hybridized carbons (Fsp3) is 1.00. The van der Waals surface area contributed by atoms with E-state index >= 15 is 0 Å². The van der Waals surface area contributed by atoms with E-state index in [2.05, 4.69) is 19.2 Å². The molecular weight excluding hydrogens is 150 g/mol. The van der Waals surface area contributed by atoms with Crippen molar-refractivity contribution in [2.75, 3.05) is 6.54 Å². The highest BCUT2D eigenvalue weighted by atomic mass is 16.3. The van der Waals surface area contributed by atoms with Crippen molar-refractivity contribution in [1.29, 1.82) is 0 Å². The van der Waals surface area contributed by atoms with Gasteiger partial charge in [0.05, 0.1) is 6.10 Å². The van der Waals surface area contributed by atoms with Gasteiger partial charge in [0, 0.05) is 6.04 Å². The molecule has 0 saturated heterocycles. The summed E-state index contributed by atoms with van der Waals surface area (Å²) in [5.74, 6) is 0.680. The zero-order valence-corrected chi connectivity index (χ0v) is 8.21. The van der Waals surface area contributed by atoms with Gasteiger partial charge in [0.2, 0.25) is 0 Å². The minimum atomic E-state index is -0.0995. The Bertz CT molecular complexity index is 125. The van der Waals surface area contributed by atoms with E-state index in [0.29, 0.717) is 12.0 Å². The van der Waals surface area contributed by atoms with Crippen LogP contribution in [-0.2, 0) is 0 Å². The fourth-order valence-electron chi connectivity index (χ4n) is 1.74.